The first-order chi connectivity index (χ1) is 9.28. The Bertz CT molecular complexity index is 553. The predicted octanol–water partition coefficient (Wildman–Crippen LogP) is 0.275. The van der Waals surface area contributed by atoms with E-state index in [4.69, 9.17) is 0 Å². The van der Waals surface area contributed by atoms with Gasteiger partial charge in [-0.05, 0) is 38.2 Å². The Balaban J connectivity index is 2.79. The average molecular weight is 299 g/mol. The Morgan fingerprint density at radius 1 is 1.25 bits per heavy atom. The van der Waals surface area contributed by atoms with E-state index in [0.29, 0.717) is 12.1 Å². The first kappa shape index (κ1) is 16.6. The molecule has 1 aromatic carbocycles. The number of sulfonamides is 1. The minimum atomic E-state index is -3.46. The predicted molar refractivity (Wildman–Crippen MR) is 78.2 cm³/mol. The van der Waals surface area contributed by atoms with Crippen molar-refractivity contribution in [3.63, 3.8) is 0 Å². The first-order valence-corrected chi connectivity index (χ1v) is 7.71. The third-order valence-corrected chi connectivity index (χ3v) is 4.79. The van der Waals surface area contributed by atoms with Crippen LogP contribution in [0.3, 0.4) is 0 Å². The summed E-state index contributed by atoms with van der Waals surface area (Å²) in [5, 5.41) is 5.78. The van der Waals surface area contributed by atoms with Crippen LogP contribution in [0.2, 0.25) is 0 Å². The van der Waals surface area contributed by atoms with Gasteiger partial charge in [0.15, 0.2) is 0 Å². The maximum atomic E-state index is 11.9. The average Bonchev–Trinajstić information content (AvgIpc) is 2.44. The van der Waals surface area contributed by atoms with Gasteiger partial charge in [0.1, 0.15) is 0 Å². The Morgan fingerprint density at radius 3 is 2.25 bits per heavy atom. The van der Waals surface area contributed by atoms with Crippen molar-refractivity contribution >= 4 is 15.9 Å². The second-order valence-electron chi connectivity index (χ2n) is 4.71. The van der Waals surface area contributed by atoms with Gasteiger partial charge in [-0.1, -0.05) is 0 Å². The highest BCUT2D eigenvalue weighted by Crippen LogP contribution is 2.13. The van der Waals surface area contributed by atoms with E-state index in [2.05, 4.69) is 10.6 Å². The van der Waals surface area contributed by atoms with Gasteiger partial charge in [-0.3, -0.25) is 4.79 Å². The molecular formula is C13H21N3O3S. The van der Waals surface area contributed by atoms with E-state index in [1.165, 1.54) is 38.4 Å². The van der Waals surface area contributed by atoms with E-state index in [1.54, 1.807) is 0 Å². The molecule has 7 heteroatoms. The van der Waals surface area contributed by atoms with Gasteiger partial charge in [-0.25, -0.2) is 12.7 Å². The SMILES string of the molecule is CNC(C)CNC(=O)c1ccc(S(=O)(=O)N(C)C)cc1. The van der Waals surface area contributed by atoms with E-state index in [9.17, 15) is 13.2 Å². The van der Waals surface area contributed by atoms with Gasteiger partial charge in [-0.2, -0.15) is 0 Å². The molecule has 0 saturated carbocycles. The zero-order valence-corrected chi connectivity index (χ0v) is 13.0. The lowest BCUT2D eigenvalue weighted by Gasteiger charge is -2.13. The molecule has 1 aromatic rings. The third kappa shape index (κ3) is 4.03. The van der Waals surface area contributed by atoms with Gasteiger partial charge in [0.2, 0.25) is 10.0 Å². The van der Waals surface area contributed by atoms with Crippen molar-refractivity contribution < 1.29 is 13.2 Å². The van der Waals surface area contributed by atoms with Crippen LogP contribution in [0.1, 0.15) is 17.3 Å². The fraction of sp³-hybridized carbons (Fsp3) is 0.462. The number of amides is 1. The van der Waals surface area contributed by atoms with Crippen molar-refractivity contribution in [3.05, 3.63) is 29.8 Å². The molecule has 20 heavy (non-hydrogen) atoms. The van der Waals surface area contributed by atoms with E-state index in [1.807, 2.05) is 14.0 Å². The van der Waals surface area contributed by atoms with Crippen molar-refractivity contribution in [2.45, 2.75) is 17.9 Å². The fourth-order valence-corrected chi connectivity index (χ4v) is 2.34. The Hall–Kier alpha value is -1.44. The lowest BCUT2D eigenvalue weighted by Crippen LogP contribution is -2.37. The van der Waals surface area contributed by atoms with Crippen molar-refractivity contribution in [3.8, 4) is 0 Å². The van der Waals surface area contributed by atoms with Crippen LogP contribution in [-0.4, -0.2) is 52.4 Å². The number of nitrogens with zero attached hydrogens (tertiary/aromatic N) is 1. The van der Waals surface area contributed by atoms with E-state index >= 15 is 0 Å². The van der Waals surface area contributed by atoms with Gasteiger partial charge in [-0.15, -0.1) is 0 Å². The number of hydrogen-bond donors (Lipinski definition) is 2. The fourth-order valence-electron chi connectivity index (χ4n) is 1.44. The van der Waals surface area contributed by atoms with Crippen molar-refractivity contribution in [1.82, 2.24) is 14.9 Å². The summed E-state index contributed by atoms with van der Waals surface area (Å²) in [5.41, 5.74) is 0.436. The molecular weight excluding hydrogens is 278 g/mol. The summed E-state index contributed by atoms with van der Waals surface area (Å²) >= 11 is 0. The molecule has 0 bridgehead atoms. The summed E-state index contributed by atoms with van der Waals surface area (Å²) in [5.74, 6) is -0.221. The van der Waals surface area contributed by atoms with Crippen molar-refractivity contribution in [2.24, 2.45) is 0 Å². The van der Waals surface area contributed by atoms with Gasteiger partial charge in [0.25, 0.3) is 5.91 Å². The summed E-state index contributed by atoms with van der Waals surface area (Å²) in [7, 11) is 1.29. The molecule has 1 atom stereocenters. The van der Waals surface area contributed by atoms with Crippen LogP contribution in [-0.2, 0) is 10.0 Å². The van der Waals surface area contributed by atoms with Gasteiger partial charge in [0.05, 0.1) is 4.90 Å². The normalized spacial score (nSPS) is 13.2. The van der Waals surface area contributed by atoms with Crippen LogP contribution < -0.4 is 10.6 Å². The van der Waals surface area contributed by atoms with Crippen molar-refractivity contribution in [1.29, 1.82) is 0 Å². The maximum Gasteiger partial charge on any atom is 0.251 e. The van der Waals surface area contributed by atoms with Gasteiger partial charge in [0, 0.05) is 32.2 Å². The standard InChI is InChI=1S/C13H21N3O3S/c1-10(14-2)9-15-13(17)11-5-7-12(8-6-11)20(18,19)16(3)4/h5-8,10,14H,9H2,1-4H3,(H,15,17). The number of benzene rings is 1. The molecule has 0 aromatic heterocycles. The summed E-state index contributed by atoms with van der Waals surface area (Å²) in [4.78, 5) is 12.0. The number of likely N-dealkylation sites (N-methyl/N-ethyl adjacent to an activating group) is 1. The van der Waals surface area contributed by atoms with Crippen LogP contribution >= 0.6 is 0 Å². The van der Waals surface area contributed by atoms with Crippen LogP contribution in [0, 0.1) is 0 Å². The highest BCUT2D eigenvalue weighted by atomic mass is 32.2. The molecule has 1 rings (SSSR count). The van der Waals surface area contributed by atoms with Crippen LogP contribution in [0.5, 0.6) is 0 Å². The largest absolute Gasteiger partial charge is 0.350 e. The maximum absolute atomic E-state index is 11.9. The highest BCUT2D eigenvalue weighted by Gasteiger charge is 2.17. The molecule has 1 unspecified atom stereocenters. The highest BCUT2D eigenvalue weighted by molar-refractivity contribution is 7.89. The van der Waals surface area contributed by atoms with E-state index in [-0.39, 0.29) is 16.8 Å². The van der Waals surface area contributed by atoms with Crippen LogP contribution in [0.15, 0.2) is 29.2 Å². The van der Waals surface area contributed by atoms with E-state index in [0.717, 1.165) is 4.31 Å². The third-order valence-electron chi connectivity index (χ3n) is 2.96. The monoisotopic (exact) mass is 299 g/mol. The zero-order valence-electron chi connectivity index (χ0n) is 12.2. The number of rotatable bonds is 6. The van der Waals surface area contributed by atoms with Gasteiger partial charge < -0.3 is 10.6 Å². The molecule has 0 heterocycles. The quantitative estimate of drug-likeness (QED) is 0.790. The summed E-state index contributed by atoms with van der Waals surface area (Å²) in [6.07, 6.45) is 0. The first-order valence-electron chi connectivity index (χ1n) is 6.27. The van der Waals surface area contributed by atoms with Gasteiger partial charge >= 0.3 is 0 Å². The number of carbonyl (C=O) groups excluding carboxylic acids is 1. The molecule has 0 aliphatic rings. The smallest absolute Gasteiger partial charge is 0.251 e. The zero-order chi connectivity index (χ0) is 15.3. The summed E-state index contributed by atoms with van der Waals surface area (Å²) in [6.45, 7) is 2.46. The second kappa shape index (κ2) is 6.83. The van der Waals surface area contributed by atoms with Crippen LogP contribution in [0.4, 0.5) is 0 Å². The molecule has 112 valence electrons. The van der Waals surface area contributed by atoms with Crippen molar-refractivity contribution in [2.75, 3.05) is 27.7 Å². The Morgan fingerprint density at radius 2 is 1.80 bits per heavy atom. The van der Waals surface area contributed by atoms with E-state index < -0.39 is 10.0 Å². The molecule has 2 N–H and O–H groups in total. The molecule has 0 saturated heterocycles. The Labute approximate surface area is 120 Å². The lowest BCUT2D eigenvalue weighted by molar-refractivity contribution is 0.0950. The summed E-state index contributed by atoms with van der Waals surface area (Å²) < 4.78 is 24.9. The number of hydrogen-bond acceptors (Lipinski definition) is 4. The molecule has 0 spiro atoms. The molecule has 0 fully saturated rings. The minimum Gasteiger partial charge on any atom is -0.350 e. The number of nitrogens with one attached hydrogen (secondary N) is 2. The number of carbonyl (C=O) groups is 1. The molecule has 0 radical (unpaired) electrons. The minimum absolute atomic E-state index is 0.169. The summed E-state index contributed by atoms with van der Waals surface area (Å²) in [6, 6.07) is 6.07. The molecule has 1 amide bonds. The molecule has 0 aliphatic carbocycles. The molecule has 0 aliphatic heterocycles. The molecule has 6 nitrogen and oxygen atoms in total. The topological polar surface area (TPSA) is 78.5 Å². The lowest BCUT2D eigenvalue weighted by atomic mass is 10.2. The second-order valence-corrected chi connectivity index (χ2v) is 6.86. The van der Waals surface area contributed by atoms with Crippen LogP contribution in [0.25, 0.3) is 0 Å². The Kier molecular flexibility index (Phi) is 5.67.